The first-order valence-corrected chi connectivity index (χ1v) is 4.50. The summed E-state index contributed by atoms with van der Waals surface area (Å²) in [4.78, 5) is 10.7. The molecule has 0 radical (unpaired) electrons. The zero-order valence-corrected chi connectivity index (χ0v) is 8.30. The molecule has 0 fully saturated rings. The van der Waals surface area contributed by atoms with E-state index in [0.717, 1.165) is 0 Å². The Morgan fingerprint density at radius 3 is 2.47 bits per heavy atom. The van der Waals surface area contributed by atoms with E-state index in [1.54, 1.807) is 19.1 Å². The van der Waals surface area contributed by atoms with E-state index >= 15 is 0 Å². The molecule has 0 amide bonds. The first kappa shape index (κ1) is 11.1. The zero-order chi connectivity index (χ0) is 11.3. The molecule has 0 aromatic heterocycles. The van der Waals surface area contributed by atoms with Gasteiger partial charge in [0.15, 0.2) is 0 Å². The van der Waals surface area contributed by atoms with Crippen LogP contribution in [0.1, 0.15) is 12.5 Å². The summed E-state index contributed by atoms with van der Waals surface area (Å²) in [6.07, 6.45) is 1.41. The summed E-state index contributed by atoms with van der Waals surface area (Å²) < 4.78 is 4.94. The molecule has 1 rings (SSSR count). The number of ether oxygens (including phenoxy) is 1. The predicted molar refractivity (Wildman–Crippen MR) is 55.3 cm³/mol. The van der Waals surface area contributed by atoms with Crippen molar-refractivity contribution in [2.24, 2.45) is 0 Å². The highest BCUT2D eigenvalue weighted by atomic mass is 16.5. The molecule has 0 saturated carbocycles. The van der Waals surface area contributed by atoms with Crippen LogP contribution in [0, 0.1) is 0 Å². The minimum absolute atomic E-state index is 0.108. The van der Waals surface area contributed by atoms with Crippen LogP contribution >= 0.6 is 0 Å². The monoisotopic (exact) mass is 208 g/mol. The molecule has 15 heavy (non-hydrogen) atoms. The second kappa shape index (κ2) is 5.05. The van der Waals surface area contributed by atoms with Gasteiger partial charge in [0.05, 0.1) is 6.61 Å². The van der Waals surface area contributed by atoms with Crippen molar-refractivity contribution in [2.75, 3.05) is 6.61 Å². The Kier molecular flexibility index (Phi) is 3.74. The van der Waals surface area contributed by atoms with E-state index in [-0.39, 0.29) is 11.5 Å². The molecule has 0 aliphatic rings. The van der Waals surface area contributed by atoms with E-state index < -0.39 is 5.97 Å². The summed E-state index contributed by atoms with van der Waals surface area (Å²) in [5, 5.41) is 17.8. The Labute approximate surface area is 87.4 Å². The standard InChI is InChI=1S/C11H12O4/c1-2-15-10(11(13)14)7-8-3-5-9(12)6-4-8/h3-7,12H,2H2,1H3,(H,13,14)/b10-7-. The smallest absolute Gasteiger partial charge is 0.371 e. The second-order valence-electron chi connectivity index (χ2n) is 2.84. The largest absolute Gasteiger partial charge is 0.508 e. The summed E-state index contributed by atoms with van der Waals surface area (Å²) in [6.45, 7) is 2.02. The Morgan fingerprint density at radius 1 is 1.40 bits per heavy atom. The molecule has 0 spiro atoms. The lowest BCUT2D eigenvalue weighted by Gasteiger charge is -2.03. The van der Waals surface area contributed by atoms with Gasteiger partial charge in [-0.25, -0.2) is 4.79 Å². The van der Waals surface area contributed by atoms with Crippen molar-refractivity contribution in [1.29, 1.82) is 0 Å². The summed E-state index contributed by atoms with van der Waals surface area (Å²) in [5.41, 5.74) is 0.665. The normalized spacial score (nSPS) is 11.1. The zero-order valence-electron chi connectivity index (χ0n) is 8.30. The van der Waals surface area contributed by atoms with E-state index in [0.29, 0.717) is 12.2 Å². The predicted octanol–water partition coefficient (Wildman–Crippen LogP) is 1.85. The number of aliphatic carboxylic acids is 1. The number of carboxylic acid groups (broad SMARTS) is 1. The van der Waals surface area contributed by atoms with Crippen molar-refractivity contribution in [3.05, 3.63) is 35.6 Å². The van der Waals surface area contributed by atoms with Crippen molar-refractivity contribution in [1.82, 2.24) is 0 Å². The van der Waals surface area contributed by atoms with Crippen LogP contribution in [0.25, 0.3) is 6.08 Å². The van der Waals surface area contributed by atoms with Crippen LogP contribution in [0.15, 0.2) is 30.0 Å². The van der Waals surface area contributed by atoms with Crippen LogP contribution in [0.4, 0.5) is 0 Å². The topological polar surface area (TPSA) is 66.8 Å². The van der Waals surface area contributed by atoms with Crippen LogP contribution in [-0.4, -0.2) is 22.8 Å². The number of aromatic hydroxyl groups is 1. The highest BCUT2D eigenvalue weighted by molar-refractivity contribution is 5.89. The van der Waals surface area contributed by atoms with Gasteiger partial charge in [0.25, 0.3) is 0 Å². The molecule has 0 saturated heterocycles. The maximum absolute atomic E-state index is 10.7. The molecule has 1 aromatic carbocycles. The SMILES string of the molecule is CCO/C(=C\c1ccc(O)cc1)C(=O)O. The number of carbonyl (C=O) groups is 1. The summed E-state index contributed by atoms with van der Waals surface area (Å²) in [5.74, 6) is -1.08. The Morgan fingerprint density at radius 2 is 2.00 bits per heavy atom. The molecule has 0 aliphatic carbocycles. The average molecular weight is 208 g/mol. The second-order valence-corrected chi connectivity index (χ2v) is 2.84. The van der Waals surface area contributed by atoms with Gasteiger partial charge in [-0.1, -0.05) is 12.1 Å². The lowest BCUT2D eigenvalue weighted by atomic mass is 10.2. The lowest BCUT2D eigenvalue weighted by molar-refractivity contribution is -0.136. The van der Waals surface area contributed by atoms with Crippen molar-refractivity contribution in [2.45, 2.75) is 6.92 Å². The van der Waals surface area contributed by atoms with E-state index in [1.807, 2.05) is 0 Å². The van der Waals surface area contributed by atoms with Gasteiger partial charge in [0.1, 0.15) is 5.75 Å². The van der Waals surface area contributed by atoms with Crippen molar-refractivity contribution >= 4 is 12.0 Å². The van der Waals surface area contributed by atoms with Gasteiger partial charge >= 0.3 is 5.97 Å². The third kappa shape index (κ3) is 3.34. The van der Waals surface area contributed by atoms with Gasteiger partial charge in [-0.3, -0.25) is 0 Å². The maximum Gasteiger partial charge on any atom is 0.371 e. The quantitative estimate of drug-likeness (QED) is 0.585. The van der Waals surface area contributed by atoms with Crippen molar-refractivity contribution in [3.63, 3.8) is 0 Å². The van der Waals surface area contributed by atoms with Crippen LogP contribution in [0.2, 0.25) is 0 Å². The van der Waals surface area contributed by atoms with Crippen LogP contribution < -0.4 is 0 Å². The summed E-state index contributed by atoms with van der Waals surface area (Å²) in [7, 11) is 0. The first-order valence-electron chi connectivity index (χ1n) is 4.50. The number of rotatable bonds is 4. The lowest BCUT2D eigenvalue weighted by Crippen LogP contribution is -2.04. The minimum atomic E-state index is -1.11. The van der Waals surface area contributed by atoms with Gasteiger partial charge < -0.3 is 14.9 Å². The number of phenols is 1. The highest BCUT2D eigenvalue weighted by Gasteiger charge is 2.07. The van der Waals surface area contributed by atoms with Crippen LogP contribution in [0.5, 0.6) is 5.75 Å². The fourth-order valence-corrected chi connectivity index (χ4v) is 1.04. The van der Waals surface area contributed by atoms with Crippen LogP contribution in [0.3, 0.4) is 0 Å². The van der Waals surface area contributed by atoms with Crippen molar-refractivity contribution in [3.8, 4) is 5.75 Å². The highest BCUT2D eigenvalue weighted by Crippen LogP contribution is 2.13. The van der Waals surface area contributed by atoms with Crippen molar-refractivity contribution < 1.29 is 19.7 Å². The Hall–Kier alpha value is -1.97. The molecule has 4 heteroatoms. The number of benzene rings is 1. The van der Waals surface area contributed by atoms with Gasteiger partial charge in [-0.2, -0.15) is 0 Å². The number of hydrogen-bond acceptors (Lipinski definition) is 3. The van der Waals surface area contributed by atoms with Gasteiger partial charge in [0, 0.05) is 0 Å². The van der Waals surface area contributed by atoms with E-state index in [2.05, 4.69) is 0 Å². The molecule has 80 valence electrons. The van der Waals surface area contributed by atoms with Gasteiger partial charge in [-0.15, -0.1) is 0 Å². The molecule has 0 atom stereocenters. The molecule has 0 heterocycles. The molecule has 0 unspecified atom stereocenters. The fourth-order valence-electron chi connectivity index (χ4n) is 1.04. The third-order valence-electron chi connectivity index (χ3n) is 1.70. The van der Waals surface area contributed by atoms with Gasteiger partial charge in [-0.05, 0) is 30.7 Å². The fraction of sp³-hybridized carbons (Fsp3) is 0.182. The Balaban J connectivity index is 2.91. The van der Waals surface area contributed by atoms with E-state index in [4.69, 9.17) is 14.9 Å². The molecule has 2 N–H and O–H groups in total. The molecule has 4 nitrogen and oxygen atoms in total. The van der Waals surface area contributed by atoms with Crippen LogP contribution in [-0.2, 0) is 9.53 Å². The third-order valence-corrected chi connectivity index (χ3v) is 1.70. The summed E-state index contributed by atoms with van der Waals surface area (Å²) in [6, 6.07) is 6.18. The molecule has 0 aliphatic heterocycles. The van der Waals surface area contributed by atoms with Gasteiger partial charge in [0.2, 0.25) is 5.76 Å². The van der Waals surface area contributed by atoms with E-state index in [9.17, 15) is 4.79 Å². The average Bonchev–Trinajstić information content (AvgIpc) is 2.20. The maximum atomic E-state index is 10.7. The Bertz CT molecular complexity index is 365. The molecule has 1 aromatic rings. The summed E-state index contributed by atoms with van der Waals surface area (Å²) >= 11 is 0. The molecular weight excluding hydrogens is 196 g/mol. The number of phenolic OH excluding ortho intramolecular Hbond substituents is 1. The first-order chi connectivity index (χ1) is 7.13. The number of carboxylic acids is 1. The molecular formula is C11H12O4. The van der Waals surface area contributed by atoms with E-state index in [1.165, 1.54) is 18.2 Å². The molecule has 0 bridgehead atoms. The minimum Gasteiger partial charge on any atom is -0.508 e. The number of hydrogen-bond donors (Lipinski definition) is 2.